The number of nitrogens with two attached hydrogens (primary N) is 1. The molecule has 0 rings (SSSR count). The van der Waals surface area contributed by atoms with Crippen molar-refractivity contribution < 1.29 is 9.59 Å². The van der Waals surface area contributed by atoms with Gasteiger partial charge in [-0.15, -0.1) is 0 Å². The molecule has 0 heterocycles. The predicted octanol–water partition coefficient (Wildman–Crippen LogP) is 0.487. The lowest BCUT2D eigenvalue weighted by molar-refractivity contribution is -0.135. The Hall–Kier alpha value is -1.10. The van der Waals surface area contributed by atoms with Crippen molar-refractivity contribution in [2.24, 2.45) is 5.73 Å². The molecule has 0 aromatic heterocycles. The summed E-state index contributed by atoms with van der Waals surface area (Å²) in [6.45, 7) is 8.74. The molecular weight excluding hydrogens is 218 g/mol. The fraction of sp³-hybridized carbons (Fsp3) is 0.833. The van der Waals surface area contributed by atoms with Crippen LogP contribution in [0.2, 0.25) is 0 Å². The summed E-state index contributed by atoms with van der Waals surface area (Å²) in [5, 5.41) is 2.70. The Morgan fingerprint density at radius 3 is 2.18 bits per heavy atom. The van der Waals surface area contributed by atoms with E-state index in [-0.39, 0.29) is 17.9 Å². The predicted molar refractivity (Wildman–Crippen MR) is 68.4 cm³/mol. The molecule has 2 amide bonds. The van der Waals surface area contributed by atoms with E-state index in [0.717, 1.165) is 0 Å². The van der Waals surface area contributed by atoms with Gasteiger partial charge in [0.1, 0.15) is 6.04 Å². The smallest absolute Gasteiger partial charge is 0.244 e. The normalized spacial score (nSPS) is 13.9. The first-order valence-corrected chi connectivity index (χ1v) is 6.26. The van der Waals surface area contributed by atoms with Crippen molar-refractivity contribution in [2.45, 2.75) is 52.6 Å². The second-order valence-electron chi connectivity index (χ2n) is 4.32. The van der Waals surface area contributed by atoms with Gasteiger partial charge < -0.3 is 16.0 Å². The van der Waals surface area contributed by atoms with Crippen molar-refractivity contribution in [2.75, 3.05) is 13.1 Å². The minimum Gasteiger partial charge on any atom is -0.345 e. The molecule has 0 aliphatic carbocycles. The minimum atomic E-state index is -0.463. The van der Waals surface area contributed by atoms with Crippen LogP contribution in [-0.4, -0.2) is 41.9 Å². The average Bonchev–Trinajstić information content (AvgIpc) is 2.27. The number of likely N-dealkylation sites (N-methyl/N-ethyl adjacent to an activating group) is 1. The topological polar surface area (TPSA) is 75.4 Å². The molecule has 5 heteroatoms. The van der Waals surface area contributed by atoms with E-state index >= 15 is 0 Å². The third-order valence-electron chi connectivity index (χ3n) is 2.65. The molecule has 0 radical (unpaired) electrons. The SMILES string of the molecule is CCN(CC)C(=O)C(C)NC(=O)CCC(C)N. The van der Waals surface area contributed by atoms with Gasteiger partial charge in [0.2, 0.25) is 11.8 Å². The molecule has 2 unspecified atom stereocenters. The zero-order chi connectivity index (χ0) is 13.4. The number of hydrogen-bond donors (Lipinski definition) is 2. The van der Waals surface area contributed by atoms with E-state index in [9.17, 15) is 9.59 Å². The molecule has 0 fully saturated rings. The van der Waals surface area contributed by atoms with Crippen LogP contribution in [0.5, 0.6) is 0 Å². The van der Waals surface area contributed by atoms with Crippen LogP contribution in [0, 0.1) is 0 Å². The molecule has 2 atom stereocenters. The van der Waals surface area contributed by atoms with Gasteiger partial charge >= 0.3 is 0 Å². The van der Waals surface area contributed by atoms with Crippen molar-refractivity contribution in [3.8, 4) is 0 Å². The number of carbonyl (C=O) groups is 2. The maximum Gasteiger partial charge on any atom is 0.244 e. The van der Waals surface area contributed by atoms with Crippen molar-refractivity contribution in [1.29, 1.82) is 0 Å². The largest absolute Gasteiger partial charge is 0.345 e. The second kappa shape index (κ2) is 8.06. The summed E-state index contributed by atoms with van der Waals surface area (Å²) in [7, 11) is 0. The first-order chi connectivity index (χ1) is 7.92. The van der Waals surface area contributed by atoms with E-state index in [2.05, 4.69) is 5.32 Å². The van der Waals surface area contributed by atoms with Crippen LogP contribution in [0.4, 0.5) is 0 Å². The first kappa shape index (κ1) is 15.9. The number of nitrogens with one attached hydrogen (secondary N) is 1. The highest BCUT2D eigenvalue weighted by atomic mass is 16.2. The lowest BCUT2D eigenvalue weighted by Gasteiger charge is -2.23. The van der Waals surface area contributed by atoms with Gasteiger partial charge in [0.15, 0.2) is 0 Å². The van der Waals surface area contributed by atoms with Crippen LogP contribution in [-0.2, 0) is 9.59 Å². The Morgan fingerprint density at radius 1 is 1.24 bits per heavy atom. The van der Waals surface area contributed by atoms with Crippen molar-refractivity contribution in [3.63, 3.8) is 0 Å². The highest BCUT2D eigenvalue weighted by molar-refractivity contribution is 5.87. The van der Waals surface area contributed by atoms with E-state index in [1.165, 1.54) is 0 Å². The zero-order valence-electron chi connectivity index (χ0n) is 11.3. The van der Waals surface area contributed by atoms with Crippen LogP contribution in [0.15, 0.2) is 0 Å². The van der Waals surface area contributed by atoms with Crippen molar-refractivity contribution in [3.05, 3.63) is 0 Å². The molecule has 0 aromatic carbocycles. The molecule has 5 nitrogen and oxygen atoms in total. The molecule has 0 aliphatic rings. The van der Waals surface area contributed by atoms with Gasteiger partial charge in [-0.2, -0.15) is 0 Å². The summed E-state index contributed by atoms with van der Waals surface area (Å²) in [4.78, 5) is 25.1. The first-order valence-electron chi connectivity index (χ1n) is 6.26. The summed E-state index contributed by atoms with van der Waals surface area (Å²) in [5.41, 5.74) is 5.57. The standard InChI is InChI=1S/C12H25N3O2/c1-5-15(6-2)12(17)10(4)14-11(16)8-7-9(3)13/h9-10H,5-8,13H2,1-4H3,(H,14,16). The maximum absolute atomic E-state index is 11.9. The van der Waals surface area contributed by atoms with E-state index in [1.54, 1.807) is 11.8 Å². The van der Waals surface area contributed by atoms with Crippen molar-refractivity contribution in [1.82, 2.24) is 10.2 Å². The highest BCUT2D eigenvalue weighted by Crippen LogP contribution is 1.98. The number of amides is 2. The summed E-state index contributed by atoms with van der Waals surface area (Å²) < 4.78 is 0. The fourth-order valence-electron chi connectivity index (χ4n) is 1.54. The molecule has 3 N–H and O–H groups in total. The van der Waals surface area contributed by atoms with Gasteiger partial charge in [0, 0.05) is 25.6 Å². The molecule has 0 spiro atoms. The molecule has 0 bridgehead atoms. The van der Waals surface area contributed by atoms with Gasteiger partial charge in [-0.1, -0.05) is 0 Å². The Labute approximate surface area is 104 Å². The van der Waals surface area contributed by atoms with Crippen LogP contribution in [0.25, 0.3) is 0 Å². The van der Waals surface area contributed by atoms with Crippen LogP contribution >= 0.6 is 0 Å². The Morgan fingerprint density at radius 2 is 1.76 bits per heavy atom. The summed E-state index contributed by atoms with van der Waals surface area (Å²) in [6.07, 6.45) is 1.01. The lowest BCUT2D eigenvalue weighted by atomic mass is 10.2. The van der Waals surface area contributed by atoms with E-state index in [1.807, 2.05) is 20.8 Å². The molecule has 17 heavy (non-hydrogen) atoms. The van der Waals surface area contributed by atoms with Gasteiger partial charge in [0.25, 0.3) is 0 Å². The lowest BCUT2D eigenvalue weighted by Crippen LogP contribution is -2.46. The quantitative estimate of drug-likeness (QED) is 0.683. The fourth-order valence-corrected chi connectivity index (χ4v) is 1.54. The van der Waals surface area contributed by atoms with Crippen LogP contribution in [0.3, 0.4) is 0 Å². The zero-order valence-corrected chi connectivity index (χ0v) is 11.3. The van der Waals surface area contributed by atoms with E-state index < -0.39 is 6.04 Å². The molecular formula is C12H25N3O2. The van der Waals surface area contributed by atoms with Gasteiger partial charge in [0.05, 0.1) is 0 Å². The van der Waals surface area contributed by atoms with Crippen LogP contribution < -0.4 is 11.1 Å². The van der Waals surface area contributed by atoms with Crippen molar-refractivity contribution >= 4 is 11.8 Å². The Kier molecular flexibility index (Phi) is 7.54. The van der Waals surface area contributed by atoms with Gasteiger partial charge in [-0.05, 0) is 34.1 Å². The second-order valence-corrected chi connectivity index (χ2v) is 4.32. The molecule has 0 saturated heterocycles. The minimum absolute atomic E-state index is 0.00883. The van der Waals surface area contributed by atoms with Crippen LogP contribution in [0.1, 0.15) is 40.5 Å². The van der Waals surface area contributed by atoms with E-state index in [0.29, 0.717) is 25.9 Å². The average molecular weight is 243 g/mol. The monoisotopic (exact) mass is 243 g/mol. The third-order valence-corrected chi connectivity index (χ3v) is 2.65. The number of rotatable bonds is 7. The van der Waals surface area contributed by atoms with E-state index in [4.69, 9.17) is 5.73 Å². The van der Waals surface area contributed by atoms with Gasteiger partial charge in [-0.3, -0.25) is 9.59 Å². The molecule has 0 saturated carbocycles. The Balaban J connectivity index is 4.11. The maximum atomic E-state index is 11.9. The summed E-state index contributed by atoms with van der Waals surface area (Å²) >= 11 is 0. The Bertz CT molecular complexity index is 250. The highest BCUT2D eigenvalue weighted by Gasteiger charge is 2.19. The molecule has 0 aliphatic heterocycles. The number of carbonyl (C=O) groups excluding carboxylic acids is 2. The number of nitrogens with zero attached hydrogens (tertiary/aromatic N) is 1. The molecule has 100 valence electrons. The molecule has 0 aromatic rings. The summed E-state index contributed by atoms with van der Waals surface area (Å²) in [6, 6.07) is -0.454. The summed E-state index contributed by atoms with van der Waals surface area (Å²) in [5.74, 6) is -0.153. The number of hydrogen-bond acceptors (Lipinski definition) is 3. The van der Waals surface area contributed by atoms with Gasteiger partial charge in [-0.25, -0.2) is 0 Å². The third kappa shape index (κ3) is 6.26.